The lowest BCUT2D eigenvalue weighted by atomic mass is 9.86. The molecule has 6 nitrogen and oxygen atoms in total. The van der Waals surface area contributed by atoms with Crippen LogP contribution in [0.1, 0.15) is 51.0 Å². The number of hydrogen-bond donors (Lipinski definition) is 1. The summed E-state index contributed by atoms with van der Waals surface area (Å²) in [7, 11) is 1.47. The Morgan fingerprint density at radius 1 is 1.23 bits per heavy atom. The Kier molecular flexibility index (Phi) is 4.55. The molecule has 0 bridgehead atoms. The molecule has 2 aliphatic rings. The third kappa shape index (κ3) is 3.05. The van der Waals surface area contributed by atoms with Crippen molar-refractivity contribution in [2.45, 2.75) is 51.0 Å². The smallest absolute Gasteiger partial charge is 0.308 e. The van der Waals surface area contributed by atoms with Crippen molar-refractivity contribution in [3.05, 3.63) is 6.20 Å². The first-order valence-electron chi connectivity index (χ1n) is 8.36. The number of ether oxygens (including phenoxy) is 1. The minimum absolute atomic E-state index is 0.0516. The van der Waals surface area contributed by atoms with Crippen LogP contribution in [0.5, 0.6) is 0 Å². The maximum absolute atomic E-state index is 11.6. The van der Waals surface area contributed by atoms with Gasteiger partial charge in [-0.3, -0.25) is 9.48 Å². The lowest BCUT2D eigenvalue weighted by molar-refractivity contribution is -0.146. The van der Waals surface area contributed by atoms with Gasteiger partial charge in [-0.05, 0) is 44.9 Å². The molecule has 0 aromatic carbocycles. The highest BCUT2D eigenvalue weighted by molar-refractivity contribution is 5.72. The highest BCUT2D eigenvalue weighted by Crippen LogP contribution is 2.34. The fourth-order valence-corrected chi connectivity index (χ4v) is 3.68. The van der Waals surface area contributed by atoms with E-state index >= 15 is 0 Å². The zero-order valence-electron chi connectivity index (χ0n) is 13.3. The first-order valence-corrected chi connectivity index (χ1v) is 8.36. The van der Waals surface area contributed by atoms with Crippen LogP contribution >= 0.6 is 0 Å². The van der Waals surface area contributed by atoms with Crippen molar-refractivity contribution < 1.29 is 9.53 Å². The molecule has 0 spiro atoms. The van der Waals surface area contributed by atoms with Crippen LogP contribution in [0.4, 0.5) is 11.5 Å². The van der Waals surface area contributed by atoms with E-state index in [-0.39, 0.29) is 11.9 Å². The maximum Gasteiger partial charge on any atom is 0.308 e. The van der Waals surface area contributed by atoms with Gasteiger partial charge in [0.2, 0.25) is 0 Å². The SMILES string of the molecule is COC(=O)C1CCC(n2cc(N)c(N3CCCCC3)n2)CC1. The Morgan fingerprint density at radius 2 is 1.91 bits per heavy atom. The fraction of sp³-hybridized carbons (Fsp3) is 0.750. The van der Waals surface area contributed by atoms with Gasteiger partial charge in [-0.2, -0.15) is 5.10 Å². The van der Waals surface area contributed by atoms with Gasteiger partial charge >= 0.3 is 5.97 Å². The van der Waals surface area contributed by atoms with Gasteiger partial charge in [0, 0.05) is 13.1 Å². The number of methoxy groups -OCH3 is 1. The van der Waals surface area contributed by atoms with Gasteiger partial charge in [-0.15, -0.1) is 0 Å². The number of aromatic nitrogens is 2. The maximum atomic E-state index is 11.6. The van der Waals surface area contributed by atoms with Crippen molar-refractivity contribution in [1.29, 1.82) is 0 Å². The Hall–Kier alpha value is -1.72. The van der Waals surface area contributed by atoms with E-state index in [9.17, 15) is 4.79 Å². The van der Waals surface area contributed by atoms with Crippen LogP contribution < -0.4 is 10.6 Å². The topological polar surface area (TPSA) is 73.4 Å². The van der Waals surface area contributed by atoms with Gasteiger partial charge in [0.15, 0.2) is 5.82 Å². The number of piperidine rings is 1. The highest BCUT2D eigenvalue weighted by Gasteiger charge is 2.29. The summed E-state index contributed by atoms with van der Waals surface area (Å²) in [5, 5.41) is 4.75. The van der Waals surface area contributed by atoms with E-state index in [4.69, 9.17) is 15.6 Å². The summed E-state index contributed by atoms with van der Waals surface area (Å²) >= 11 is 0. The molecule has 1 aromatic heterocycles. The molecule has 0 radical (unpaired) electrons. The molecular formula is C16H26N4O2. The average molecular weight is 306 g/mol. The third-order valence-corrected chi connectivity index (χ3v) is 5.00. The van der Waals surface area contributed by atoms with Crippen LogP contribution in [0.25, 0.3) is 0 Å². The van der Waals surface area contributed by atoms with Crippen LogP contribution in [-0.2, 0) is 9.53 Å². The minimum Gasteiger partial charge on any atom is -0.469 e. The molecule has 2 fully saturated rings. The molecule has 22 heavy (non-hydrogen) atoms. The van der Waals surface area contributed by atoms with Gasteiger partial charge in [-0.25, -0.2) is 0 Å². The molecule has 0 atom stereocenters. The molecule has 1 saturated heterocycles. The summed E-state index contributed by atoms with van der Waals surface area (Å²) in [4.78, 5) is 13.9. The Balaban J connectivity index is 1.65. The number of hydrogen-bond acceptors (Lipinski definition) is 5. The number of esters is 1. The predicted octanol–water partition coefficient (Wildman–Crippen LogP) is 2.36. The molecule has 122 valence electrons. The summed E-state index contributed by atoms with van der Waals surface area (Å²) in [5.41, 5.74) is 6.95. The van der Waals surface area contributed by atoms with E-state index < -0.39 is 0 Å². The van der Waals surface area contributed by atoms with Crippen LogP contribution in [0.15, 0.2) is 6.20 Å². The molecule has 1 saturated carbocycles. The van der Waals surface area contributed by atoms with E-state index in [0.29, 0.717) is 6.04 Å². The van der Waals surface area contributed by atoms with Crippen LogP contribution in [0, 0.1) is 5.92 Å². The third-order valence-electron chi connectivity index (χ3n) is 5.00. The second-order valence-electron chi connectivity index (χ2n) is 6.46. The van der Waals surface area contributed by atoms with E-state index in [1.54, 1.807) is 0 Å². The van der Waals surface area contributed by atoms with Crippen molar-refractivity contribution in [2.24, 2.45) is 5.92 Å². The zero-order valence-corrected chi connectivity index (χ0v) is 13.3. The van der Waals surface area contributed by atoms with Crippen LogP contribution in [0.3, 0.4) is 0 Å². The van der Waals surface area contributed by atoms with E-state index in [2.05, 4.69) is 4.90 Å². The minimum atomic E-state index is -0.0764. The highest BCUT2D eigenvalue weighted by atomic mass is 16.5. The van der Waals surface area contributed by atoms with Crippen molar-refractivity contribution >= 4 is 17.5 Å². The van der Waals surface area contributed by atoms with Crippen molar-refractivity contribution in [2.75, 3.05) is 30.8 Å². The van der Waals surface area contributed by atoms with Crippen molar-refractivity contribution in [3.8, 4) is 0 Å². The molecule has 1 aromatic rings. The first kappa shape index (κ1) is 15.2. The standard InChI is InChI=1S/C16H26N4O2/c1-22-16(21)12-5-7-13(8-6-12)20-11-14(17)15(18-20)19-9-3-2-4-10-19/h11-13H,2-10,17H2,1H3. The largest absolute Gasteiger partial charge is 0.469 e. The second-order valence-corrected chi connectivity index (χ2v) is 6.46. The Morgan fingerprint density at radius 3 is 2.55 bits per heavy atom. The molecule has 2 N–H and O–H groups in total. The number of carbonyl (C=O) groups is 1. The van der Waals surface area contributed by atoms with Crippen LogP contribution in [0.2, 0.25) is 0 Å². The van der Waals surface area contributed by atoms with E-state index in [0.717, 1.165) is 50.3 Å². The normalized spacial score (nSPS) is 26.0. The number of carbonyl (C=O) groups excluding carboxylic acids is 1. The fourth-order valence-electron chi connectivity index (χ4n) is 3.68. The first-order chi connectivity index (χ1) is 10.7. The summed E-state index contributed by atoms with van der Waals surface area (Å²) in [6.07, 6.45) is 9.36. The number of anilines is 2. The van der Waals surface area contributed by atoms with E-state index in [1.807, 2.05) is 10.9 Å². The molecule has 2 heterocycles. The number of nitrogens with zero attached hydrogens (tertiary/aromatic N) is 3. The Labute approximate surface area is 131 Å². The number of nitrogens with two attached hydrogens (primary N) is 1. The van der Waals surface area contributed by atoms with Crippen molar-refractivity contribution in [3.63, 3.8) is 0 Å². The van der Waals surface area contributed by atoms with Gasteiger partial charge in [0.25, 0.3) is 0 Å². The number of nitrogen functional groups attached to an aromatic ring is 1. The summed E-state index contributed by atoms with van der Waals surface area (Å²) in [6.45, 7) is 2.10. The van der Waals surface area contributed by atoms with E-state index in [1.165, 1.54) is 26.4 Å². The summed E-state index contributed by atoms with van der Waals surface area (Å²) < 4.78 is 6.87. The predicted molar refractivity (Wildman–Crippen MR) is 85.7 cm³/mol. The quantitative estimate of drug-likeness (QED) is 0.868. The van der Waals surface area contributed by atoms with Gasteiger partial charge in [0.1, 0.15) is 0 Å². The molecule has 1 aliphatic carbocycles. The molecule has 0 amide bonds. The lowest BCUT2D eigenvalue weighted by Gasteiger charge is -2.28. The molecule has 6 heteroatoms. The summed E-state index contributed by atoms with van der Waals surface area (Å²) in [5.74, 6) is 0.915. The second kappa shape index (κ2) is 6.58. The monoisotopic (exact) mass is 306 g/mol. The van der Waals surface area contributed by atoms with Gasteiger partial charge in [0.05, 0.1) is 31.0 Å². The molecule has 1 aliphatic heterocycles. The summed E-state index contributed by atoms with van der Waals surface area (Å²) in [6, 6.07) is 0.349. The van der Waals surface area contributed by atoms with Gasteiger partial charge < -0.3 is 15.4 Å². The average Bonchev–Trinajstić information content (AvgIpc) is 2.97. The molecular weight excluding hydrogens is 280 g/mol. The lowest BCUT2D eigenvalue weighted by Crippen LogP contribution is -2.30. The van der Waals surface area contributed by atoms with Gasteiger partial charge in [-0.1, -0.05) is 0 Å². The zero-order chi connectivity index (χ0) is 15.5. The van der Waals surface area contributed by atoms with Crippen molar-refractivity contribution in [1.82, 2.24) is 9.78 Å². The molecule has 0 unspecified atom stereocenters. The van der Waals surface area contributed by atoms with Crippen LogP contribution in [-0.4, -0.2) is 35.9 Å². The Bertz CT molecular complexity index is 514. The molecule has 3 rings (SSSR count). The number of rotatable bonds is 3.